The van der Waals surface area contributed by atoms with Gasteiger partial charge in [-0.1, -0.05) is 36.4 Å². The number of amides is 2. The predicted octanol–water partition coefficient (Wildman–Crippen LogP) is 5.36. The van der Waals surface area contributed by atoms with Crippen LogP contribution in [0.2, 0.25) is 0 Å². The van der Waals surface area contributed by atoms with E-state index in [0.717, 1.165) is 6.07 Å². The summed E-state index contributed by atoms with van der Waals surface area (Å²) in [4.78, 5) is 30.1. The average molecular weight is 492 g/mol. The minimum atomic E-state index is -4.61. The van der Waals surface area contributed by atoms with Crippen molar-refractivity contribution in [1.82, 2.24) is 4.98 Å². The Labute approximate surface area is 203 Å². The molecule has 0 fully saturated rings. The maximum Gasteiger partial charge on any atom is 0.433 e. The first kappa shape index (κ1) is 23.2. The van der Waals surface area contributed by atoms with E-state index < -0.39 is 17.8 Å². The Morgan fingerprint density at radius 3 is 2.56 bits per heavy atom. The second-order valence-electron chi connectivity index (χ2n) is 8.06. The van der Waals surface area contributed by atoms with Crippen molar-refractivity contribution >= 4 is 45.5 Å². The van der Waals surface area contributed by atoms with E-state index in [4.69, 9.17) is 4.74 Å². The van der Waals surface area contributed by atoms with Crippen LogP contribution in [-0.4, -0.2) is 29.9 Å². The molecule has 2 amide bonds. The van der Waals surface area contributed by atoms with Crippen molar-refractivity contribution in [2.75, 3.05) is 28.7 Å². The molecule has 0 unspecified atom stereocenters. The summed E-state index contributed by atoms with van der Waals surface area (Å²) < 4.78 is 45.5. The van der Waals surface area contributed by atoms with Crippen LogP contribution in [-0.2, 0) is 15.8 Å². The number of nitrogens with zero attached hydrogens (tertiary/aromatic N) is 2. The predicted molar refractivity (Wildman–Crippen MR) is 129 cm³/mol. The van der Waals surface area contributed by atoms with Crippen LogP contribution < -0.4 is 20.3 Å². The third-order valence-corrected chi connectivity index (χ3v) is 5.54. The van der Waals surface area contributed by atoms with Gasteiger partial charge in [0.25, 0.3) is 5.91 Å². The first-order valence-corrected chi connectivity index (χ1v) is 10.9. The molecule has 10 heteroatoms. The summed E-state index contributed by atoms with van der Waals surface area (Å²) in [5.41, 5.74) is 0.799. The second-order valence-corrected chi connectivity index (χ2v) is 8.06. The molecule has 3 aromatic carbocycles. The van der Waals surface area contributed by atoms with E-state index in [1.165, 1.54) is 11.0 Å². The van der Waals surface area contributed by atoms with Crippen LogP contribution in [0.15, 0.2) is 78.9 Å². The van der Waals surface area contributed by atoms with Gasteiger partial charge in [-0.25, -0.2) is 4.98 Å². The summed E-state index contributed by atoms with van der Waals surface area (Å²) >= 11 is 0. The van der Waals surface area contributed by atoms with Crippen molar-refractivity contribution in [3.05, 3.63) is 84.6 Å². The topological polar surface area (TPSA) is 83.6 Å². The number of carbonyl (C=O) groups excluding carboxylic acids is 2. The normalized spacial score (nSPS) is 13.2. The fourth-order valence-corrected chi connectivity index (χ4v) is 3.93. The Bertz CT molecular complexity index is 1470. The minimum absolute atomic E-state index is 0.163. The Kier molecular flexibility index (Phi) is 5.93. The molecular weight excluding hydrogens is 473 g/mol. The zero-order chi connectivity index (χ0) is 25.3. The first-order valence-electron chi connectivity index (χ1n) is 10.9. The van der Waals surface area contributed by atoms with Crippen molar-refractivity contribution in [2.24, 2.45) is 0 Å². The molecule has 2 N–H and O–H groups in total. The van der Waals surface area contributed by atoms with Crippen molar-refractivity contribution in [1.29, 1.82) is 0 Å². The van der Waals surface area contributed by atoms with Crippen LogP contribution in [0, 0.1) is 0 Å². The first-order chi connectivity index (χ1) is 17.3. The van der Waals surface area contributed by atoms with Crippen LogP contribution in [0.4, 0.5) is 35.9 Å². The van der Waals surface area contributed by atoms with Crippen LogP contribution in [0.1, 0.15) is 5.69 Å². The lowest BCUT2D eigenvalue weighted by atomic mass is 10.1. The van der Waals surface area contributed by atoms with E-state index in [2.05, 4.69) is 15.6 Å². The van der Waals surface area contributed by atoms with Gasteiger partial charge < -0.3 is 15.4 Å². The molecule has 0 spiro atoms. The van der Waals surface area contributed by atoms with Gasteiger partial charge in [0, 0.05) is 16.8 Å². The summed E-state index contributed by atoms with van der Waals surface area (Å²) in [7, 11) is 0. The van der Waals surface area contributed by atoms with Gasteiger partial charge >= 0.3 is 6.18 Å². The van der Waals surface area contributed by atoms with E-state index in [9.17, 15) is 22.8 Å². The van der Waals surface area contributed by atoms with Crippen molar-refractivity contribution in [3.8, 4) is 5.75 Å². The van der Waals surface area contributed by atoms with Gasteiger partial charge in [0.2, 0.25) is 5.91 Å². The Hall–Kier alpha value is -4.60. The molecule has 0 saturated heterocycles. The van der Waals surface area contributed by atoms with Crippen molar-refractivity contribution < 1.29 is 27.5 Å². The molecule has 0 aliphatic carbocycles. The number of aromatic nitrogens is 1. The van der Waals surface area contributed by atoms with E-state index in [1.54, 1.807) is 66.7 Å². The number of carbonyl (C=O) groups is 2. The Morgan fingerprint density at radius 2 is 1.72 bits per heavy atom. The maximum absolute atomic E-state index is 13.4. The summed E-state index contributed by atoms with van der Waals surface area (Å²) in [6, 6.07) is 21.0. The largest absolute Gasteiger partial charge is 0.482 e. The van der Waals surface area contributed by atoms with E-state index >= 15 is 0 Å². The molecule has 1 aliphatic rings. The molecular formula is C26H19F3N4O3. The van der Waals surface area contributed by atoms with Gasteiger partial charge in [-0.05, 0) is 42.5 Å². The molecule has 0 bridgehead atoms. The highest BCUT2D eigenvalue weighted by Crippen LogP contribution is 2.35. The fourth-order valence-electron chi connectivity index (χ4n) is 3.93. The summed E-state index contributed by atoms with van der Waals surface area (Å²) in [6.45, 7) is -0.385. The molecule has 1 aromatic heterocycles. The zero-order valence-electron chi connectivity index (χ0n) is 18.7. The number of ether oxygens (including phenoxy) is 1. The molecule has 0 saturated carbocycles. The highest BCUT2D eigenvalue weighted by Gasteiger charge is 2.33. The Morgan fingerprint density at radius 1 is 0.972 bits per heavy atom. The Balaban J connectivity index is 1.36. The molecule has 4 aromatic rings. The third kappa shape index (κ3) is 4.78. The lowest BCUT2D eigenvalue weighted by Gasteiger charge is -2.28. The number of hydrogen-bond acceptors (Lipinski definition) is 5. The number of alkyl halides is 3. The van der Waals surface area contributed by atoms with Gasteiger partial charge in [-0.3, -0.25) is 14.5 Å². The number of nitrogens with one attached hydrogen (secondary N) is 2. The van der Waals surface area contributed by atoms with Gasteiger partial charge in [0.05, 0.1) is 16.9 Å². The van der Waals surface area contributed by atoms with Gasteiger partial charge in [-0.15, -0.1) is 0 Å². The lowest BCUT2D eigenvalue weighted by molar-refractivity contribution is -0.140. The van der Waals surface area contributed by atoms with E-state index in [1.807, 2.05) is 0 Å². The van der Waals surface area contributed by atoms with Gasteiger partial charge in [0.15, 0.2) is 6.61 Å². The number of halogens is 3. The molecule has 7 nitrogen and oxygen atoms in total. The number of pyridine rings is 1. The summed E-state index contributed by atoms with van der Waals surface area (Å²) in [6.07, 6.45) is -4.61. The smallest absolute Gasteiger partial charge is 0.433 e. The molecule has 36 heavy (non-hydrogen) atoms. The number of para-hydroxylation sites is 3. The number of benzene rings is 3. The quantitative estimate of drug-likeness (QED) is 0.392. The number of hydrogen-bond donors (Lipinski definition) is 2. The van der Waals surface area contributed by atoms with Crippen LogP contribution in [0.25, 0.3) is 10.9 Å². The third-order valence-electron chi connectivity index (χ3n) is 5.54. The van der Waals surface area contributed by atoms with E-state index in [-0.39, 0.29) is 30.3 Å². The zero-order valence-corrected chi connectivity index (χ0v) is 18.7. The SMILES string of the molecule is O=C(CN1C(=O)COc2ccccc21)Nc1cccc(Nc2cc(C(F)(F)F)nc3ccccc23)c1. The molecule has 5 rings (SSSR count). The number of fused-ring (bicyclic) bond motifs is 2. The van der Waals surface area contributed by atoms with Crippen molar-refractivity contribution in [3.63, 3.8) is 0 Å². The summed E-state index contributed by atoms with van der Waals surface area (Å²) in [5.74, 6) is -0.269. The second kappa shape index (κ2) is 9.21. The maximum atomic E-state index is 13.4. The number of anilines is 4. The molecule has 182 valence electrons. The molecule has 0 atom stereocenters. The molecule has 1 aliphatic heterocycles. The van der Waals surface area contributed by atoms with E-state index in [0.29, 0.717) is 28.2 Å². The van der Waals surface area contributed by atoms with Crippen LogP contribution in [0.5, 0.6) is 5.75 Å². The standard InChI is InChI=1S/C26H19F3N4O3/c27-26(28,29)23-13-20(18-8-1-2-9-19(18)32-23)30-16-6-5-7-17(12-16)31-24(34)14-33-21-10-3-4-11-22(21)36-15-25(33)35/h1-13H,14-15H2,(H,30,32)(H,31,34). The molecule has 0 radical (unpaired) electrons. The minimum Gasteiger partial charge on any atom is -0.482 e. The molecule has 2 heterocycles. The highest BCUT2D eigenvalue weighted by molar-refractivity contribution is 6.05. The lowest BCUT2D eigenvalue weighted by Crippen LogP contribution is -2.43. The highest BCUT2D eigenvalue weighted by atomic mass is 19.4. The van der Waals surface area contributed by atoms with Crippen molar-refractivity contribution in [2.45, 2.75) is 6.18 Å². The monoisotopic (exact) mass is 492 g/mol. The summed E-state index contributed by atoms with van der Waals surface area (Å²) in [5, 5.41) is 6.25. The van der Waals surface area contributed by atoms with Crippen LogP contribution >= 0.6 is 0 Å². The van der Waals surface area contributed by atoms with Gasteiger partial charge in [-0.2, -0.15) is 13.2 Å². The van der Waals surface area contributed by atoms with Crippen LogP contribution in [0.3, 0.4) is 0 Å². The average Bonchev–Trinajstić information content (AvgIpc) is 2.85. The number of rotatable bonds is 5. The fraction of sp³-hybridized carbons (Fsp3) is 0.115. The van der Waals surface area contributed by atoms with Gasteiger partial charge in [0.1, 0.15) is 18.0 Å².